The van der Waals surface area contributed by atoms with E-state index >= 15 is 0 Å². The molecule has 15 heavy (non-hydrogen) atoms. The SMILES string of the molecule is CC.CNC(Cc1ccccc1)C(N)=O. The van der Waals surface area contributed by atoms with Crippen molar-refractivity contribution in [3.8, 4) is 0 Å². The number of hydrogen-bond donors (Lipinski definition) is 2. The van der Waals surface area contributed by atoms with Crippen LogP contribution in [0.5, 0.6) is 0 Å². The van der Waals surface area contributed by atoms with Crippen molar-refractivity contribution in [1.82, 2.24) is 5.32 Å². The van der Waals surface area contributed by atoms with Gasteiger partial charge in [0.2, 0.25) is 5.91 Å². The van der Waals surface area contributed by atoms with Crippen LogP contribution in [0.25, 0.3) is 0 Å². The Morgan fingerprint density at radius 3 is 2.27 bits per heavy atom. The Balaban J connectivity index is 0.000000921. The highest BCUT2D eigenvalue weighted by Crippen LogP contribution is 2.02. The molecular weight excluding hydrogens is 188 g/mol. The van der Waals surface area contributed by atoms with Gasteiger partial charge < -0.3 is 11.1 Å². The van der Waals surface area contributed by atoms with Gasteiger partial charge in [-0.1, -0.05) is 44.2 Å². The molecule has 0 bridgehead atoms. The number of nitrogens with two attached hydrogens (primary N) is 1. The fourth-order valence-electron chi connectivity index (χ4n) is 1.19. The maximum atomic E-state index is 10.9. The molecule has 0 saturated carbocycles. The van der Waals surface area contributed by atoms with E-state index in [1.807, 2.05) is 44.2 Å². The van der Waals surface area contributed by atoms with Crippen LogP contribution in [-0.4, -0.2) is 19.0 Å². The third-order valence-corrected chi connectivity index (χ3v) is 1.97. The molecule has 0 radical (unpaired) electrons. The van der Waals surface area contributed by atoms with Gasteiger partial charge in [-0.15, -0.1) is 0 Å². The van der Waals surface area contributed by atoms with E-state index in [-0.39, 0.29) is 11.9 Å². The van der Waals surface area contributed by atoms with Crippen LogP contribution in [0.15, 0.2) is 30.3 Å². The van der Waals surface area contributed by atoms with E-state index in [0.29, 0.717) is 6.42 Å². The summed E-state index contributed by atoms with van der Waals surface area (Å²) in [5, 5.41) is 2.88. The number of likely N-dealkylation sites (N-methyl/N-ethyl adjacent to an activating group) is 1. The van der Waals surface area contributed by atoms with Crippen molar-refractivity contribution in [2.75, 3.05) is 7.05 Å². The van der Waals surface area contributed by atoms with Crippen molar-refractivity contribution in [3.63, 3.8) is 0 Å². The Morgan fingerprint density at radius 1 is 1.33 bits per heavy atom. The second-order valence-electron chi connectivity index (χ2n) is 2.93. The molecule has 0 fully saturated rings. The summed E-state index contributed by atoms with van der Waals surface area (Å²) in [5.41, 5.74) is 6.31. The molecule has 1 aromatic carbocycles. The lowest BCUT2D eigenvalue weighted by atomic mass is 10.1. The Bertz CT molecular complexity index is 272. The van der Waals surface area contributed by atoms with Crippen LogP contribution in [-0.2, 0) is 11.2 Å². The lowest BCUT2D eigenvalue weighted by molar-refractivity contribution is -0.119. The van der Waals surface area contributed by atoms with Crippen LogP contribution in [0.3, 0.4) is 0 Å². The van der Waals surface area contributed by atoms with E-state index in [2.05, 4.69) is 5.32 Å². The van der Waals surface area contributed by atoms with E-state index in [4.69, 9.17) is 5.73 Å². The number of carbonyl (C=O) groups is 1. The average Bonchev–Trinajstić information content (AvgIpc) is 2.29. The fourth-order valence-corrected chi connectivity index (χ4v) is 1.19. The first-order valence-electron chi connectivity index (χ1n) is 5.24. The summed E-state index contributed by atoms with van der Waals surface area (Å²) in [4.78, 5) is 10.9. The maximum Gasteiger partial charge on any atom is 0.234 e. The van der Waals surface area contributed by atoms with Crippen LogP contribution in [0.1, 0.15) is 19.4 Å². The van der Waals surface area contributed by atoms with Crippen LogP contribution in [0.4, 0.5) is 0 Å². The first-order valence-corrected chi connectivity index (χ1v) is 5.24. The Hall–Kier alpha value is -1.35. The molecule has 0 aromatic heterocycles. The van der Waals surface area contributed by atoms with E-state index in [9.17, 15) is 4.79 Å². The Labute approximate surface area is 91.7 Å². The lowest BCUT2D eigenvalue weighted by Crippen LogP contribution is -2.40. The molecule has 3 nitrogen and oxygen atoms in total. The third kappa shape index (κ3) is 5.18. The van der Waals surface area contributed by atoms with Gasteiger partial charge in [0.05, 0.1) is 6.04 Å². The molecule has 0 spiro atoms. The van der Waals surface area contributed by atoms with Crippen molar-refractivity contribution in [1.29, 1.82) is 0 Å². The number of amides is 1. The highest BCUT2D eigenvalue weighted by molar-refractivity contribution is 5.80. The molecule has 0 aliphatic rings. The van der Waals surface area contributed by atoms with E-state index < -0.39 is 0 Å². The normalized spacial score (nSPS) is 11.1. The summed E-state index contributed by atoms with van der Waals surface area (Å²) in [7, 11) is 1.73. The minimum absolute atomic E-state index is 0.276. The number of nitrogens with one attached hydrogen (secondary N) is 1. The molecule has 0 aliphatic carbocycles. The smallest absolute Gasteiger partial charge is 0.234 e. The molecule has 1 amide bonds. The standard InChI is InChI=1S/C10H14N2O.C2H6/c1-12-9(10(11)13)7-8-5-3-2-4-6-8;1-2/h2-6,9,12H,7H2,1H3,(H2,11,13);1-2H3. The van der Waals surface area contributed by atoms with Crippen LogP contribution in [0.2, 0.25) is 0 Å². The first kappa shape index (κ1) is 13.7. The third-order valence-electron chi connectivity index (χ3n) is 1.97. The summed E-state index contributed by atoms with van der Waals surface area (Å²) in [6.07, 6.45) is 0.646. The Kier molecular flexibility index (Phi) is 7.28. The molecular formula is C12H20N2O. The molecule has 0 saturated heterocycles. The molecule has 3 heteroatoms. The van der Waals surface area contributed by atoms with Crippen LogP contribution in [0, 0.1) is 0 Å². The van der Waals surface area contributed by atoms with Crippen molar-refractivity contribution in [2.24, 2.45) is 5.73 Å². The Morgan fingerprint density at radius 2 is 1.87 bits per heavy atom. The van der Waals surface area contributed by atoms with Crippen molar-refractivity contribution in [3.05, 3.63) is 35.9 Å². The quantitative estimate of drug-likeness (QED) is 0.784. The van der Waals surface area contributed by atoms with Crippen molar-refractivity contribution in [2.45, 2.75) is 26.3 Å². The van der Waals surface area contributed by atoms with Gasteiger partial charge in [-0.2, -0.15) is 0 Å². The predicted molar refractivity (Wildman–Crippen MR) is 63.5 cm³/mol. The van der Waals surface area contributed by atoms with E-state index in [1.165, 1.54) is 0 Å². The topological polar surface area (TPSA) is 55.1 Å². The summed E-state index contributed by atoms with van der Waals surface area (Å²) < 4.78 is 0. The van der Waals surface area contributed by atoms with E-state index in [0.717, 1.165) is 5.56 Å². The zero-order chi connectivity index (χ0) is 11.7. The van der Waals surface area contributed by atoms with Gasteiger partial charge in [-0.05, 0) is 19.0 Å². The second kappa shape index (κ2) is 8.00. The molecule has 1 unspecified atom stereocenters. The molecule has 3 N–H and O–H groups in total. The van der Waals surface area contributed by atoms with Gasteiger partial charge in [0, 0.05) is 0 Å². The van der Waals surface area contributed by atoms with E-state index in [1.54, 1.807) is 7.05 Å². The molecule has 1 rings (SSSR count). The molecule has 0 aliphatic heterocycles. The minimum Gasteiger partial charge on any atom is -0.368 e. The predicted octanol–water partition coefficient (Wildman–Crippen LogP) is 1.33. The monoisotopic (exact) mass is 208 g/mol. The number of primary amides is 1. The van der Waals surface area contributed by atoms with Crippen LogP contribution >= 0.6 is 0 Å². The highest BCUT2D eigenvalue weighted by atomic mass is 16.1. The summed E-state index contributed by atoms with van der Waals surface area (Å²) in [6.45, 7) is 4.00. The first-order chi connectivity index (χ1) is 7.24. The second-order valence-corrected chi connectivity index (χ2v) is 2.93. The average molecular weight is 208 g/mol. The summed E-state index contributed by atoms with van der Waals surface area (Å²) >= 11 is 0. The molecule has 0 heterocycles. The summed E-state index contributed by atoms with van der Waals surface area (Å²) in [6, 6.07) is 9.52. The van der Waals surface area contributed by atoms with Gasteiger partial charge in [0.25, 0.3) is 0 Å². The van der Waals surface area contributed by atoms with Gasteiger partial charge >= 0.3 is 0 Å². The number of benzene rings is 1. The molecule has 1 atom stereocenters. The lowest BCUT2D eigenvalue weighted by Gasteiger charge is -2.11. The zero-order valence-corrected chi connectivity index (χ0v) is 9.66. The molecule has 84 valence electrons. The van der Waals surface area contributed by atoms with Gasteiger partial charge in [0.15, 0.2) is 0 Å². The fraction of sp³-hybridized carbons (Fsp3) is 0.417. The zero-order valence-electron chi connectivity index (χ0n) is 9.66. The maximum absolute atomic E-state index is 10.9. The van der Waals surface area contributed by atoms with Gasteiger partial charge in [-0.25, -0.2) is 0 Å². The number of rotatable bonds is 4. The number of carbonyl (C=O) groups excluding carboxylic acids is 1. The van der Waals surface area contributed by atoms with Gasteiger partial charge in [0.1, 0.15) is 0 Å². The van der Waals surface area contributed by atoms with Crippen molar-refractivity contribution >= 4 is 5.91 Å². The molecule has 1 aromatic rings. The summed E-state index contributed by atoms with van der Waals surface area (Å²) in [5.74, 6) is -0.314. The highest BCUT2D eigenvalue weighted by Gasteiger charge is 2.12. The minimum atomic E-state index is -0.314. The van der Waals surface area contributed by atoms with Crippen LogP contribution < -0.4 is 11.1 Å². The van der Waals surface area contributed by atoms with Crippen molar-refractivity contribution < 1.29 is 4.79 Å². The number of hydrogen-bond acceptors (Lipinski definition) is 2. The van der Waals surface area contributed by atoms with Gasteiger partial charge in [-0.3, -0.25) is 4.79 Å². The largest absolute Gasteiger partial charge is 0.368 e.